The molecule has 16 heavy (non-hydrogen) atoms. The lowest BCUT2D eigenvalue weighted by Gasteiger charge is -2.41. The topological polar surface area (TPSA) is 30.5 Å². The maximum absolute atomic E-state index is 5.60. The van der Waals surface area contributed by atoms with Gasteiger partial charge in [-0.25, -0.2) is 0 Å². The van der Waals surface area contributed by atoms with Crippen molar-refractivity contribution in [1.29, 1.82) is 0 Å². The molecule has 1 heterocycles. The molecular formula is C13H19NO2. The molecule has 1 aliphatic heterocycles. The van der Waals surface area contributed by atoms with Gasteiger partial charge < -0.3 is 14.8 Å². The maximum Gasteiger partial charge on any atom is 0.122 e. The van der Waals surface area contributed by atoms with E-state index in [4.69, 9.17) is 9.47 Å². The van der Waals surface area contributed by atoms with Crippen LogP contribution in [0.25, 0.3) is 0 Å². The van der Waals surface area contributed by atoms with Crippen LogP contribution in [-0.2, 0) is 11.2 Å². The number of hydrogen-bond acceptors (Lipinski definition) is 3. The minimum atomic E-state index is -0.0167. The van der Waals surface area contributed by atoms with Crippen LogP contribution in [0.3, 0.4) is 0 Å². The summed E-state index contributed by atoms with van der Waals surface area (Å²) in [5.41, 5.74) is 2.51. The molecule has 1 aromatic rings. The fourth-order valence-electron chi connectivity index (χ4n) is 2.16. The summed E-state index contributed by atoms with van der Waals surface area (Å²) in [6, 6.07) is 6.19. The molecule has 3 heteroatoms. The SMILES string of the molecule is COc1cccc(CC2(OC)CNC2)c1C. The van der Waals surface area contributed by atoms with Crippen molar-refractivity contribution in [3.8, 4) is 5.75 Å². The van der Waals surface area contributed by atoms with Gasteiger partial charge >= 0.3 is 0 Å². The quantitative estimate of drug-likeness (QED) is 0.836. The molecule has 0 amide bonds. The lowest BCUT2D eigenvalue weighted by atomic mass is 9.87. The fourth-order valence-corrected chi connectivity index (χ4v) is 2.16. The highest BCUT2D eigenvalue weighted by atomic mass is 16.5. The number of ether oxygens (including phenoxy) is 2. The van der Waals surface area contributed by atoms with E-state index in [0.29, 0.717) is 0 Å². The number of rotatable bonds is 4. The van der Waals surface area contributed by atoms with Gasteiger partial charge in [0.1, 0.15) is 5.75 Å². The Bertz CT molecular complexity index is 367. The van der Waals surface area contributed by atoms with Crippen molar-refractivity contribution < 1.29 is 9.47 Å². The number of hydrogen-bond donors (Lipinski definition) is 1. The summed E-state index contributed by atoms with van der Waals surface area (Å²) in [5.74, 6) is 0.955. The Hall–Kier alpha value is -1.06. The van der Waals surface area contributed by atoms with Gasteiger partial charge in [-0.2, -0.15) is 0 Å². The molecule has 0 aromatic heterocycles. The van der Waals surface area contributed by atoms with E-state index in [1.165, 1.54) is 11.1 Å². The zero-order chi connectivity index (χ0) is 11.6. The average Bonchev–Trinajstić information content (AvgIpc) is 2.25. The Labute approximate surface area is 96.8 Å². The van der Waals surface area contributed by atoms with E-state index >= 15 is 0 Å². The van der Waals surface area contributed by atoms with E-state index in [1.54, 1.807) is 14.2 Å². The monoisotopic (exact) mass is 221 g/mol. The second-order valence-corrected chi connectivity index (χ2v) is 4.41. The summed E-state index contributed by atoms with van der Waals surface area (Å²) < 4.78 is 10.9. The maximum atomic E-state index is 5.60. The predicted molar refractivity (Wildman–Crippen MR) is 64.0 cm³/mol. The van der Waals surface area contributed by atoms with E-state index in [9.17, 15) is 0 Å². The summed E-state index contributed by atoms with van der Waals surface area (Å²) in [6.45, 7) is 3.96. The standard InChI is InChI=1S/C13H19NO2/c1-10-11(5-4-6-12(10)15-2)7-13(16-3)8-14-9-13/h4-6,14H,7-9H2,1-3H3. The summed E-state index contributed by atoms with van der Waals surface area (Å²) in [7, 11) is 3.50. The third-order valence-electron chi connectivity index (χ3n) is 3.46. The van der Waals surface area contributed by atoms with Crippen LogP contribution in [0.15, 0.2) is 18.2 Å². The van der Waals surface area contributed by atoms with Gasteiger partial charge in [-0.1, -0.05) is 12.1 Å². The minimum Gasteiger partial charge on any atom is -0.496 e. The van der Waals surface area contributed by atoms with Crippen molar-refractivity contribution >= 4 is 0 Å². The molecule has 2 rings (SSSR count). The molecule has 0 radical (unpaired) electrons. The van der Waals surface area contributed by atoms with Crippen LogP contribution >= 0.6 is 0 Å². The Morgan fingerprint density at radius 3 is 2.56 bits per heavy atom. The molecule has 0 unspecified atom stereocenters. The normalized spacial score (nSPS) is 17.9. The van der Waals surface area contributed by atoms with Crippen molar-refractivity contribution in [2.75, 3.05) is 27.3 Å². The first-order valence-electron chi connectivity index (χ1n) is 5.59. The van der Waals surface area contributed by atoms with Crippen LogP contribution < -0.4 is 10.1 Å². The number of benzene rings is 1. The molecule has 1 saturated heterocycles. The lowest BCUT2D eigenvalue weighted by molar-refractivity contribution is -0.0503. The van der Waals surface area contributed by atoms with Crippen molar-refractivity contribution in [1.82, 2.24) is 5.32 Å². The molecule has 0 atom stereocenters. The lowest BCUT2D eigenvalue weighted by Crippen LogP contribution is -2.61. The average molecular weight is 221 g/mol. The van der Waals surface area contributed by atoms with Crippen LogP contribution in [0, 0.1) is 6.92 Å². The largest absolute Gasteiger partial charge is 0.496 e. The van der Waals surface area contributed by atoms with Crippen molar-refractivity contribution in [3.63, 3.8) is 0 Å². The van der Waals surface area contributed by atoms with Gasteiger partial charge in [-0.05, 0) is 24.1 Å². The Balaban J connectivity index is 2.21. The fraction of sp³-hybridized carbons (Fsp3) is 0.538. The molecule has 0 aliphatic carbocycles. The number of nitrogens with one attached hydrogen (secondary N) is 1. The summed E-state index contributed by atoms with van der Waals surface area (Å²) in [6.07, 6.45) is 0.944. The second-order valence-electron chi connectivity index (χ2n) is 4.41. The molecule has 0 saturated carbocycles. The summed E-state index contributed by atoms with van der Waals surface area (Å²) in [4.78, 5) is 0. The van der Waals surface area contributed by atoms with Gasteiger partial charge in [0.15, 0.2) is 0 Å². The molecule has 0 spiro atoms. The minimum absolute atomic E-state index is 0.0167. The first kappa shape index (κ1) is 11.4. The van der Waals surface area contributed by atoms with Gasteiger partial charge in [0.2, 0.25) is 0 Å². The van der Waals surface area contributed by atoms with Crippen molar-refractivity contribution in [2.45, 2.75) is 18.9 Å². The first-order chi connectivity index (χ1) is 7.71. The van der Waals surface area contributed by atoms with Gasteiger partial charge in [0.25, 0.3) is 0 Å². The zero-order valence-corrected chi connectivity index (χ0v) is 10.2. The Kier molecular flexibility index (Phi) is 3.17. The first-order valence-corrected chi connectivity index (χ1v) is 5.59. The van der Waals surface area contributed by atoms with E-state index in [-0.39, 0.29) is 5.60 Å². The molecule has 88 valence electrons. The highest BCUT2D eigenvalue weighted by Gasteiger charge is 2.37. The molecule has 1 aliphatic rings. The smallest absolute Gasteiger partial charge is 0.122 e. The van der Waals surface area contributed by atoms with Crippen LogP contribution in [0.1, 0.15) is 11.1 Å². The molecular weight excluding hydrogens is 202 g/mol. The zero-order valence-electron chi connectivity index (χ0n) is 10.2. The van der Waals surface area contributed by atoms with E-state index in [0.717, 1.165) is 25.3 Å². The third-order valence-corrected chi connectivity index (χ3v) is 3.46. The van der Waals surface area contributed by atoms with Crippen molar-refractivity contribution in [3.05, 3.63) is 29.3 Å². The van der Waals surface area contributed by atoms with Crippen LogP contribution in [-0.4, -0.2) is 32.9 Å². The second kappa shape index (κ2) is 4.44. The molecule has 1 fully saturated rings. The van der Waals surface area contributed by atoms with Gasteiger partial charge in [-0.3, -0.25) is 0 Å². The predicted octanol–water partition coefficient (Wildman–Crippen LogP) is 1.53. The molecule has 1 aromatic carbocycles. The highest BCUT2D eigenvalue weighted by molar-refractivity contribution is 5.40. The molecule has 3 nitrogen and oxygen atoms in total. The van der Waals surface area contributed by atoms with Gasteiger partial charge in [0.05, 0.1) is 12.7 Å². The van der Waals surface area contributed by atoms with Crippen LogP contribution in [0.5, 0.6) is 5.75 Å². The summed E-state index contributed by atoms with van der Waals surface area (Å²) in [5, 5.41) is 3.27. The highest BCUT2D eigenvalue weighted by Crippen LogP contribution is 2.27. The van der Waals surface area contributed by atoms with Crippen LogP contribution in [0.2, 0.25) is 0 Å². The van der Waals surface area contributed by atoms with E-state index in [2.05, 4.69) is 18.3 Å². The molecule has 1 N–H and O–H groups in total. The molecule has 0 bridgehead atoms. The third kappa shape index (κ3) is 1.93. The summed E-state index contributed by atoms with van der Waals surface area (Å²) >= 11 is 0. The Morgan fingerprint density at radius 2 is 2.06 bits per heavy atom. The van der Waals surface area contributed by atoms with Gasteiger partial charge in [-0.15, -0.1) is 0 Å². The Morgan fingerprint density at radius 1 is 1.31 bits per heavy atom. The van der Waals surface area contributed by atoms with Crippen molar-refractivity contribution in [2.24, 2.45) is 0 Å². The number of methoxy groups -OCH3 is 2. The van der Waals surface area contributed by atoms with Gasteiger partial charge in [0, 0.05) is 26.6 Å². The van der Waals surface area contributed by atoms with Crippen LogP contribution in [0.4, 0.5) is 0 Å². The van der Waals surface area contributed by atoms with E-state index in [1.807, 2.05) is 12.1 Å². The van der Waals surface area contributed by atoms with E-state index < -0.39 is 0 Å².